The lowest BCUT2D eigenvalue weighted by molar-refractivity contribution is -0.137. The molecular weight excluding hydrogens is 495 g/mol. The third-order valence-corrected chi connectivity index (χ3v) is 6.79. The first kappa shape index (κ1) is 24.4. The van der Waals surface area contributed by atoms with Gasteiger partial charge in [-0.3, -0.25) is 0 Å². The number of halogens is 4. The maximum atomic E-state index is 13.4. The zero-order chi connectivity index (χ0) is 25.4. The zero-order valence-corrected chi connectivity index (χ0v) is 20.3. The third kappa shape index (κ3) is 5.00. The summed E-state index contributed by atoms with van der Waals surface area (Å²) in [6.45, 7) is 3.08. The summed E-state index contributed by atoms with van der Waals surface area (Å²) in [5.74, 6) is 1.47. The number of urea groups is 1. The molecule has 11 heteroatoms. The molecule has 0 aliphatic carbocycles. The number of ether oxygens (including phenoxy) is 1. The van der Waals surface area contributed by atoms with Crippen molar-refractivity contribution in [2.75, 3.05) is 13.2 Å². The van der Waals surface area contributed by atoms with Crippen LogP contribution in [0.5, 0.6) is 5.75 Å². The van der Waals surface area contributed by atoms with Gasteiger partial charge in [-0.05, 0) is 49.6 Å². The molecule has 2 aliphatic heterocycles. The second-order valence-corrected chi connectivity index (χ2v) is 9.48. The van der Waals surface area contributed by atoms with Gasteiger partial charge in [0.2, 0.25) is 0 Å². The number of rotatable bonds is 4. The summed E-state index contributed by atoms with van der Waals surface area (Å²) in [5.41, 5.74) is 0.778. The number of aromatic nitrogens is 3. The Kier molecular flexibility index (Phi) is 6.55. The predicted octanol–water partition coefficient (Wildman–Crippen LogP) is 5.68. The van der Waals surface area contributed by atoms with Gasteiger partial charge in [0, 0.05) is 23.6 Å². The Morgan fingerprint density at radius 2 is 1.97 bits per heavy atom. The van der Waals surface area contributed by atoms with Crippen LogP contribution in [0.25, 0.3) is 0 Å². The van der Waals surface area contributed by atoms with E-state index in [4.69, 9.17) is 16.3 Å². The minimum Gasteiger partial charge on any atom is -0.493 e. The van der Waals surface area contributed by atoms with E-state index in [9.17, 15) is 18.0 Å². The number of alkyl halides is 3. The quantitative estimate of drug-likeness (QED) is 0.481. The number of nitrogens with zero attached hydrogens (tertiary/aromatic N) is 4. The number of likely N-dealkylation sites (tertiary alicyclic amines) is 1. The molecule has 190 valence electrons. The number of carbonyl (C=O) groups excluding carboxylic acids is 1. The summed E-state index contributed by atoms with van der Waals surface area (Å²) in [6, 6.07) is 9.90. The molecule has 1 fully saturated rings. The van der Waals surface area contributed by atoms with E-state index in [1.165, 1.54) is 6.07 Å². The number of fused-ring (bicyclic) bond motifs is 1. The molecule has 2 aliphatic rings. The van der Waals surface area contributed by atoms with E-state index in [0.29, 0.717) is 41.7 Å². The predicted molar refractivity (Wildman–Crippen MR) is 127 cm³/mol. The van der Waals surface area contributed by atoms with Crippen LogP contribution in [0.1, 0.15) is 59.7 Å². The molecule has 3 aromatic rings. The molecular formula is C25H25ClF3N5O2. The van der Waals surface area contributed by atoms with Crippen LogP contribution in [0.15, 0.2) is 42.5 Å². The molecule has 1 saturated heterocycles. The second kappa shape index (κ2) is 9.65. The molecule has 0 saturated carbocycles. The van der Waals surface area contributed by atoms with Crippen molar-refractivity contribution in [3.8, 4) is 5.75 Å². The highest BCUT2D eigenvalue weighted by Crippen LogP contribution is 2.38. The Hall–Kier alpha value is -3.27. The van der Waals surface area contributed by atoms with Gasteiger partial charge in [-0.2, -0.15) is 18.3 Å². The van der Waals surface area contributed by atoms with Crippen LogP contribution in [0.2, 0.25) is 5.02 Å². The fourth-order valence-corrected chi connectivity index (χ4v) is 4.95. The molecule has 7 nitrogen and oxygen atoms in total. The van der Waals surface area contributed by atoms with Crippen LogP contribution in [-0.4, -0.2) is 38.8 Å². The first-order chi connectivity index (χ1) is 17.2. The molecule has 1 N–H and O–H groups in total. The molecule has 0 spiro atoms. The first-order valence-corrected chi connectivity index (χ1v) is 12.1. The minimum absolute atomic E-state index is 0.151. The minimum atomic E-state index is -4.46. The Labute approximate surface area is 211 Å². The summed E-state index contributed by atoms with van der Waals surface area (Å²) >= 11 is 6.00. The van der Waals surface area contributed by atoms with Crippen LogP contribution >= 0.6 is 11.6 Å². The highest BCUT2D eigenvalue weighted by molar-refractivity contribution is 6.30. The molecule has 3 heterocycles. The number of aryl methyl sites for hydroxylation is 1. The van der Waals surface area contributed by atoms with Gasteiger partial charge in [0.1, 0.15) is 17.4 Å². The lowest BCUT2D eigenvalue weighted by atomic mass is 9.98. The van der Waals surface area contributed by atoms with Crippen molar-refractivity contribution in [1.29, 1.82) is 0 Å². The molecule has 0 bridgehead atoms. The van der Waals surface area contributed by atoms with Crippen molar-refractivity contribution >= 4 is 17.6 Å². The van der Waals surface area contributed by atoms with E-state index in [1.807, 2.05) is 35.9 Å². The zero-order valence-electron chi connectivity index (χ0n) is 19.6. The van der Waals surface area contributed by atoms with Gasteiger partial charge < -0.3 is 15.0 Å². The van der Waals surface area contributed by atoms with Crippen molar-refractivity contribution in [3.05, 3.63) is 75.8 Å². The van der Waals surface area contributed by atoms with Crippen molar-refractivity contribution in [2.45, 2.75) is 51.0 Å². The Morgan fingerprint density at radius 3 is 2.72 bits per heavy atom. The van der Waals surface area contributed by atoms with E-state index in [2.05, 4.69) is 15.4 Å². The summed E-state index contributed by atoms with van der Waals surface area (Å²) in [4.78, 5) is 19.7. The summed E-state index contributed by atoms with van der Waals surface area (Å²) < 4.78 is 46.6. The highest BCUT2D eigenvalue weighted by atomic mass is 35.5. The van der Waals surface area contributed by atoms with Crippen molar-refractivity contribution in [3.63, 3.8) is 0 Å². The summed E-state index contributed by atoms with van der Waals surface area (Å²) in [5, 5.41) is 8.21. The Morgan fingerprint density at radius 1 is 1.19 bits per heavy atom. The largest absolute Gasteiger partial charge is 0.493 e. The van der Waals surface area contributed by atoms with Gasteiger partial charge in [0.05, 0.1) is 30.8 Å². The molecule has 0 radical (unpaired) electrons. The molecule has 36 heavy (non-hydrogen) atoms. The fourth-order valence-electron chi connectivity index (χ4n) is 4.82. The summed E-state index contributed by atoms with van der Waals surface area (Å²) in [6.07, 6.45) is -2.44. The number of nitrogens with one attached hydrogen (secondary N) is 1. The molecule has 2 unspecified atom stereocenters. The number of amides is 2. The van der Waals surface area contributed by atoms with Gasteiger partial charge in [-0.15, -0.1) is 0 Å². The van der Waals surface area contributed by atoms with Crippen LogP contribution < -0.4 is 10.1 Å². The van der Waals surface area contributed by atoms with Crippen LogP contribution in [-0.2, 0) is 12.7 Å². The lowest BCUT2D eigenvalue weighted by Crippen LogP contribution is -2.43. The Bertz CT molecular complexity index is 1260. The normalized spacial score (nSPS) is 19.6. The van der Waals surface area contributed by atoms with Crippen molar-refractivity contribution in [2.24, 2.45) is 0 Å². The topological polar surface area (TPSA) is 72.3 Å². The summed E-state index contributed by atoms with van der Waals surface area (Å²) in [7, 11) is 0. The van der Waals surface area contributed by atoms with Crippen molar-refractivity contribution in [1.82, 2.24) is 25.0 Å². The van der Waals surface area contributed by atoms with E-state index >= 15 is 0 Å². The first-order valence-electron chi connectivity index (χ1n) is 11.8. The molecule has 2 aromatic carbocycles. The molecule has 2 amide bonds. The standard InChI is InChI=1S/C25H25ClF3N5O2/c1-15-30-23(34(32-15)14-16-4-7-18(26)8-5-16)21-3-2-11-33(21)24(35)31-20-10-12-36-22-13-17(25(27,28)29)6-9-19(20)22/h4-9,13,20-21H,2-3,10-12,14H2,1H3,(H,31,35). The number of carbonyl (C=O) groups is 1. The van der Waals surface area contributed by atoms with E-state index < -0.39 is 17.8 Å². The maximum Gasteiger partial charge on any atom is 0.416 e. The maximum absolute atomic E-state index is 13.4. The smallest absolute Gasteiger partial charge is 0.416 e. The highest BCUT2D eigenvalue weighted by Gasteiger charge is 2.37. The average Bonchev–Trinajstić information content (AvgIpc) is 3.46. The van der Waals surface area contributed by atoms with E-state index in [1.54, 1.807) is 4.90 Å². The number of benzene rings is 2. The fraction of sp³-hybridized carbons (Fsp3) is 0.400. The molecule has 1 aromatic heterocycles. The third-order valence-electron chi connectivity index (χ3n) is 6.54. The average molecular weight is 520 g/mol. The van der Waals surface area contributed by atoms with Crippen LogP contribution in [0.4, 0.5) is 18.0 Å². The van der Waals surface area contributed by atoms with Gasteiger partial charge in [-0.25, -0.2) is 14.5 Å². The van der Waals surface area contributed by atoms with Crippen molar-refractivity contribution < 1.29 is 22.7 Å². The second-order valence-electron chi connectivity index (χ2n) is 9.04. The van der Waals surface area contributed by atoms with Crippen LogP contribution in [0.3, 0.4) is 0 Å². The Balaban J connectivity index is 1.34. The number of hydrogen-bond donors (Lipinski definition) is 1. The van der Waals surface area contributed by atoms with E-state index in [-0.39, 0.29) is 24.4 Å². The van der Waals surface area contributed by atoms with Gasteiger partial charge in [0.15, 0.2) is 0 Å². The van der Waals surface area contributed by atoms with Gasteiger partial charge in [-0.1, -0.05) is 29.8 Å². The van der Waals surface area contributed by atoms with Crippen LogP contribution in [0, 0.1) is 6.92 Å². The SMILES string of the molecule is Cc1nc(C2CCCN2C(=O)NC2CCOc3cc(C(F)(F)F)ccc32)n(Cc2ccc(Cl)cc2)n1. The molecule has 2 atom stereocenters. The monoisotopic (exact) mass is 519 g/mol. The lowest BCUT2D eigenvalue weighted by Gasteiger charge is -2.31. The van der Waals surface area contributed by atoms with Gasteiger partial charge in [0.25, 0.3) is 0 Å². The molecule has 5 rings (SSSR count). The number of hydrogen-bond acceptors (Lipinski definition) is 4. The van der Waals surface area contributed by atoms with E-state index in [0.717, 1.165) is 30.5 Å². The van der Waals surface area contributed by atoms with Gasteiger partial charge >= 0.3 is 12.2 Å².